The standard InChI is InChI=1S/C20H20N4O4S/c1-29(26,27)24-13-19(28-18-5-3-2-4-17(18)24)20(25)22-12-15-6-8-16(9-7-15)23-11-10-21-14-23/h2-11,14,19H,12-13H2,1H3,(H,22,25)/t19-/m0/s1. The first-order chi connectivity index (χ1) is 13.9. The van der Waals surface area contributed by atoms with Gasteiger partial charge in [0.05, 0.1) is 24.8 Å². The largest absolute Gasteiger partial charge is 0.476 e. The van der Waals surface area contributed by atoms with E-state index in [0.29, 0.717) is 18.0 Å². The van der Waals surface area contributed by atoms with Gasteiger partial charge in [0.1, 0.15) is 5.75 Å². The van der Waals surface area contributed by atoms with E-state index in [1.807, 2.05) is 35.0 Å². The molecule has 1 aromatic heterocycles. The van der Waals surface area contributed by atoms with Crippen molar-refractivity contribution < 1.29 is 17.9 Å². The molecule has 1 aliphatic heterocycles. The summed E-state index contributed by atoms with van der Waals surface area (Å²) in [5.74, 6) is 0.000786. The van der Waals surface area contributed by atoms with E-state index in [9.17, 15) is 13.2 Å². The quantitative estimate of drug-likeness (QED) is 0.689. The van der Waals surface area contributed by atoms with Crippen LogP contribution in [0, 0.1) is 0 Å². The maximum absolute atomic E-state index is 12.6. The summed E-state index contributed by atoms with van der Waals surface area (Å²) in [5, 5.41) is 2.82. The van der Waals surface area contributed by atoms with E-state index in [4.69, 9.17) is 4.74 Å². The Balaban J connectivity index is 1.44. The van der Waals surface area contributed by atoms with Crippen molar-refractivity contribution in [1.29, 1.82) is 0 Å². The Kier molecular flexibility index (Phi) is 4.98. The minimum atomic E-state index is -3.53. The number of carbonyl (C=O) groups is 1. The van der Waals surface area contributed by atoms with Crippen LogP contribution in [0.1, 0.15) is 5.56 Å². The van der Waals surface area contributed by atoms with Crippen LogP contribution in [0.4, 0.5) is 5.69 Å². The van der Waals surface area contributed by atoms with Crippen LogP contribution in [0.2, 0.25) is 0 Å². The molecule has 2 heterocycles. The van der Waals surface area contributed by atoms with E-state index < -0.39 is 16.1 Å². The zero-order chi connectivity index (χ0) is 20.4. The first-order valence-electron chi connectivity index (χ1n) is 9.00. The van der Waals surface area contributed by atoms with Crippen molar-refractivity contribution in [2.45, 2.75) is 12.6 Å². The van der Waals surface area contributed by atoms with Crippen molar-refractivity contribution in [2.24, 2.45) is 0 Å². The van der Waals surface area contributed by atoms with Crippen molar-refractivity contribution in [3.63, 3.8) is 0 Å². The summed E-state index contributed by atoms with van der Waals surface area (Å²) in [6.45, 7) is 0.241. The number of rotatable bonds is 5. The number of sulfonamides is 1. The highest BCUT2D eigenvalue weighted by molar-refractivity contribution is 7.92. The third kappa shape index (κ3) is 4.09. The number of nitrogens with zero attached hydrogens (tertiary/aromatic N) is 3. The molecule has 0 aliphatic carbocycles. The van der Waals surface area contributed by atoms with Gasteiger partial charge in [0.15, 0.2) is 6.10 Å². The summed E-state index contributed by atoms with van der Waals surface area (Å²) < 4.78 is 33.2. The van der Waals surface area contributed by atoms with Crippen LogP contribution in [-0.4, -0.2) is 42.8 Å². The number of hydrogen-bond acceptors (Lipinski definition) is 5. The van der Waals surface area contributed by atoms with E-state index in [1.165, 1.54) is 4.31 Å². The molecular weight excluding hydrogens is 392 g/mol. The van der Waals surface area contributed by atoms with Gasteiger partial charge in [0, 0.05) is 24.6 Å². The first kappa shape index (κ1) is 19.0. The zero-order valence-corrected chi connectivity index (χ0v) is 16.5. The molecule has 4 rings (SSSR count). The van der Waals surface area contributed by atoms with Gasteiger partial charge in [-0.15, -0.1) is 0 Å². The smallest absolute Gasteiger partial charge is 0.263 e. The molecule has 0 spiro atoms. The van der Waals surface area contributed by atoms with Crippen LogP contribution >= 0.6 is 0 Å². The third-order valence-corrected chi connectivity index (χ3v) is 5.78. The Hall–Kier alpha value is -3.33. The molecule has 1 N–H and O–H groups in total. The lowest BCUT2D eigenvalue weighted by molar-refractivity contribution is -0.127. The molecule has 3 aromatic rings. The van der Waals surface area contributed by atoms with Crippen LogP contribution < -0.4 is 14.4 Å². The van der Waals surface area contributed by atoms with Crippen molar-refractivity contribution in [3.05, 3.63) is 72.8 Å². The molecule has 0 saturated heterocycles. The minimum Gasteiger partial charge on any atom is -0.476 e. The number of aromatic nitrogens is 2. The fourth-order valence-corrected chi connectivity index (χ4v) is 4.07. The van der Waals surface area contributed by atoms with Crippen molar-refractivity contribution >= 4 is 21.6 Å². The van der Waals surface area contributed by atoms with E-state index in [2.05, 4.69) is 10.3 Å². The van der Waals surface area contributed by atoms with E-state index in [0.717, 1.165) is 17.5 Å². The van der Waals surface area contributed by atoms with Gasteiger partial charge < -0.3 is 14.6 Å². The summed E-state index contributed by atoms with van der Waals surface area (Å²) in [6, 6.07) is 14.5. The number of anilines is 1. The molecule has 0 bridgehead atoms. The van der Waals surface area contributed by atoms with Gasteiger partial charge in [-0.3, -0.25) is 9.10 Å². The topological polar surface area (TPSA) is 93.5 Å². The molecule has 1 aliphatic rings. The highest BCUT2D eigenvalue weighted by atomic mass is 32.2. The van der Waals surface area contributed by atoms with E-state index in [-0.39, 0.29) is 12.5 Å². The van der Waals surface area contributed by atoms with Crippen LogP contribution in [-0.2, 0) is 21.4 Å². The number of para-hydroxylation sites is 2. The summed E-state index contributed by atoms with van der Waals surface area (Å²) in [5.41, 5.74) is 2.32. The second-order valence-corrected chi connectivity index (χ2v) is 8.63. The SMILES string of the molecule is CS(=O)(=O)N1C[C@@H](C(=O)NCc2ccc(-n3ccnc3)cc2)Oc2ccccc21. The lowest BCUT2D eigenvalue weighted by atomic mass is 10.2. The van der Waals surface area contributed by atoms with Gasteiger partial charge in [-0.2, -0.15) is 0 Å². The summed E-state index contributed by atoms with van der Waals surface area (Å²) in [7, 11) is -3.53. The number of benzene rings is 2. The molecule has 0 unspecified atom stereocenters. The number of ether oxygens (including phenoxy) is 1. The average Bonchev–Trinajstić information content (AvgIpc) is 3.25. The average molecular weight is 412 g/mol. The minimum absolute atomic E-state index is 0.0682. The normalized spacial score (nSPS) is 16.0. The van der Waals surface area contributed by atoms with Gasteiger partial charge in [-0.1, -0.05) is 24.3 Å². The molecule has 0 fully saturated rings. The number of imidazole rings is 1. The Bertz CT molecular complexity index is 1110. The number of amides is 1. The predicted octanol–water partition coefficient (Wildman–Crippen LogP) is 1.72. The monoisotopic (exact) mass is 412 g/mol. The maximum atomic E-state index is 12.6. The van der Waals surface area contributed by atoms with Crippen molar-refractivity contribution in [2.75, 3.05) is 17.1 Å². The third-order valence-electron chi connectivity index (χ3n) is 4.63. The van der Waals surface area contributed by atoms with Crippen LogP contribution in [0.15, 0.2) is 67.3 Å². The van der Waals surface area contributed by atoms with Crippen LogP contribution in [0.5, 0.6) is 5.75 Å². The summed E-state index contributed by atoms with van der Waals surface area (Å²) in [6.07, 6.45) is 5.46. The maximum Gasteiger partial charge on any atom is 0.263 e. The predicted molar refractivity (Wildman–Crippen MR) is 108 cm³/mol. The van der Waals surface area contributed by atoms with E-state index in [1.54, 1.807) is 36.8 Å². The fraction of sp³-hybridized carbons (Fsp3) is 0.200. The van der Waals surface area contributed by atoms with Gasteiger partial charge in [0.2, 0.25) is 10.0 Å². The highest BCUT2D eigenvalue weighted by Crippen LogP contribution is 2.34. The molecule has 150 valence electrons. The molecule has 2 aromatic carbocycles. The van der Waals surface area contributed by atoms with Crippen LogP contribution in [0.25, 0.3) is 5.69 Å². The van der Waals surface area contributed by atoms with E-state index >= 15 is 0 Å². The summed E-state index contributed by atoms with van der Waals surface area (Å²) >= 11 is 0. The van der Waals surface area contributed by atoms with Gasteiger partial charge in [-0.25, -0.2) is 13.4 Å². The lowest BCUT2D eigenvalue weighted by Gasteiger charge is -2.33. The molecule has 29 heavy (non-hydrogen) atoms. The fourth-order valence-electron chi connectivity index (χ4n) is 3.15. The second-order valence-electron chi connectivity index (χ2n) is 6.72. The highest BCUT2D eigenvalue weighted by Gasteiger charge is 2.34. The van der Waals surface area contributed by atoms with Gasteiger partial charge in [-0.05, 0) is 29.8 Å². The lowest BCUT2D eigenvalue weighted by Crippen LogP contribution is -2.50. The number of carbonyl (C=O) groups excluding carboxylic acids is 1. The van der Waals surface area contributed by atoms with Gasteiger partial charge in [0.25, 0.3) is 5.91 Å². The number of nitrogens with one attached hydrogen (secondary N) is 1. The number of fused-ring (bicyclic) bond motifs is 1. The summed E-state index contributed by atoms with van der Waals surface area (Å²) in [4.78, 5) is 16.7. The second kappa shape index (κ2) is 7.59. The molecule has 1 amide bonds. The van der Waals surface area contributed by atoms with Crippen molar-refractivity contribution in [1.82, 2.24) is 14.9 Å². The number of hydrogen-bond donors (Lipinski definition) is 1. The molecule has 1 atom stereocenters. The first-order valence-corrected chi connectivity index (χ1v) is 10.8. The molecular formula is C20H20N4O4S. The zero-order valence-electron chi connectivity index (χ0n) is 15.7. The van der Waals surface area contributed by atoms with Gasteiger partial charge >= 0.3 is 0 Å². The Morgan fingerprint density at radius 1 is 1.21 bits per heavy atom. The molecule has 9 heteroatoms. The Labute approximate surface area is 168 Å². The molecule has 0 saturated carbocycles. The molecule has 8 nitrogen and oxygen atoms in total. The molecule has 0 radical (unpaired) electrons. The van der Waals surface area contributed by atoms with Crippen molar-refractivity contribution in [3.8, 4) is 11.4 Å². The van der Waals surface area contributed by atoms with Crippen LogP contribution in [0.3, 0.4) is 0 Å². The Morgan fingerprint density at radius 3 is 2.66 bits per heavy atom. The Morgan fingerprint density at radius 2 is 1.97 bits per heavy atom.